The van der Waals surface area contributed by atoms with Crippen molar-refractivity contribution >= 4 is 76.4 Å². The van der Waals surface area contributed by atoms with Gasteiger partial charge in [-0.05, 0) is 106 Å². The minimum Gasteiger partial charge on any atom is -0.457 e. The Morgan fingerprint density at radius 3 is 2.41 bits per heavy atom. The minimum absolute atomic E-state index is 0.00532. The van der Waals surface area contributed by atoms with Gasteiger partial charge in [0.2, 0.25) is 17.6 Å². The molecule has 390 valence electrons. The number of Topliss-reactive ketones (excluding diaryl/α,β-unsaturated/α-hetero) is 3. The normalized spacial score (nSPS) is 31.6. The lowest BCUT2D eigenvalue weighted by Gasteiger charge is -2.60. The van der Waals surface area contributed by atoms with Gasteiger partial charge in [0.1, 0.15) is 11.4 Å². The molecule has 0 aromatic carbocycles. The van der Waals surface area contributed by atoms with Crippen molar-refractivity contribution in [1.82, 2.24) is 16.0 Å². The summed E-state index contributed by atoms with van der Waals surface area (Å²) in [5.41, 5.74) is 14.7. The number of nitrogens with zero attached hydrogens (tertiary/aromatic N) is 1. The van der Waals surface area contributed by atoms with Crippen molar-refractivity contribution in [2.45, 2.75) is 177 Å². The molecule has 2 saturated heterocycles. The number of nitrogens with one attached hydrogen (secondary N) is 3. The summed E-state index contributed by atoms with van der Waals surface area (Å²) in [4.78, 5) is 106. The van der Waals surface area contributed by atoms with E-state index in [9.17, 15) is 48.6 Å². The molecule has 2 aliphatic heterocycles. The second-order valence-corrected chi connectivity index (χ2v) is 23.5. The molecule has 4 amide bonds. The van der Waals surface area contributed by atoms with Gasteiger partial charge < -0.3 is 48.1 Å². The molecule has 0 spiro atoms. The number of ether oxygens (including phenoxy) is 1. The molecule has 18 nitrogen and oxygen atoms in total. The van der Waals surface area contributed by atoms with Crippen molar-refractivity contribution in [2.24, 2.45) is 56.7 Å². The van der Waals surface area contributed by atoms with Gasteiger partial charge in [0.15, 0.2) is 24.1 Å². The molecule has 0 unspecified atom stereocenters. The zero-order valence-electron chi connectivity index (χ0n) is 41.0. The summed E-state index contributed by atoms with van der Waals surface area (Å²) < 4.78 is 5.37. The number of urea groups is 1. The first kappa shape index (κ1) is 55.3. The molecule has 2 heterocycles. The average Bonchev–Trinajstić information content (AvgIpc) is 3.95. The highest BCUT2D eigenvalue weighted by Gasteiger charge is 2.68. The summed E-state index contributed by atoms with van der Waals surface area (Å²) in [5, 5.41) is 32.9. The lowest BCUT2D eigenvalue weighted by molar-refractivity contribution is -0.184. The average molecular weight is 1020 g/mol. The monoisotopic (exact) mass is 1020 g/mol. The van der Waals surface area contributed by atoms with Gasteiger partial charge >= 0.3 is 12.0 Å². The van der Waals surface area contributed by atoms with Crippen LogP contribution in [0, 0.1) is 34.5 Å². The van der Waals surface area contributed by atoms with Gasteiger partial charge in [-0.1, -0.05) is 38.7 Å². The molecular formula is C50H77N7O11S2. The van der Waals surface area contributed by atoms with Crippen molar-refractivity contribution in [3.05, 3.63) is 11.6 Å². The number of carbonyl (C=O) groups excluding carboxylic acids is 8. The Morgan fingerprint density at radius 1 is 0.957 bits per heavy atom. The van der Waals surface area contributed by atoms with Crippen LogP contribution in [0.15, 0.2) is 16.6 Å². The summed E-state index contributed by atoms with van der Waals surface area (Å²) in [7, 11) is 0. The number of guanidine groups is 1. The van der Waals surface area contributed by atoms with E-state index >= 15 is 0 Å². The number of nitrogens with two attached hydrogens (primary N) is 3. The number of aliphatic imine (C=N–C) groups is 1. The van der Waals surface area contributed by atoms with E-state index in [4.69, 9.17) is 21.9 Å². The highest BCUT2D eigenvalue weighted by atomic mass is 32.2. The fourth-order valence-electron chi connectivity index (χ4n) is 12.8. The number of aliphatic hydroxyl groups excluding tert-OH is 1. The number of esters is 1. The number of rotatable bonds is 28. The van der Waals surface area contributed by atoms with Crippen LogP contribution >= 0.6 is 23.5 Å². The molecular weight excluding hydrogens is 939 g/mol. The zero-order valence-corrected chi connectivity index (χ0v) is 42.6. The van der Waals surface area contributed by atoms with Crippen molar-refractivity contribution in [3.8, 4) is 0 Å². The molecule has 20 heteroatoms. The summed E-state index contributed by atoms with van der Waals surface area (Å²) in [6.07, 6.45) is 11.6. The van der Waals surface area contributed by atoms with Gasteiger partial charge in [-0.2, -0.15) is 11.8 Å². The first-order valence-electron chi connectivity index (χ1n) is 25.5. The Bertz CT molecular complexity index is 2040. The number of primary amides is 1. The number of amides is 4. The van der Waals surface area contributed by atoms with Crippen LogP contribution in [0.25, 0.3) is 0 Å². The van der Waals surface area contributed by atoms with Gasteiger partial charge in [0.25, 0.3) is 0 Å². The third kappa shape index (κ3) is 13.3. The largest absolute Gasteiger partial charge is 0.457 e. The van der Waals surface area contributed by atoms with E-state index in [-0.39, 0.29) is 115 Å². The Hall–Kier alpha value is -4.01. The van der Waals surface area contributed by atoms with Crippen LogP contribution in [0.5, 0.6) is 0 Å². The fraction of sp³-hybridized carbons (Fsp3) is 0.780. The summed E-state index contributed by atoms with van der Waals surface area (Å²) in [5.74, 6) is -2.98. The van der Waals surface area contributed by atoms with E-state index in [1.165, 1.54) is 0 Å². The lowest BCUT2D eigenvalue weighted by atomic mass is 9.45. The summed E-state index contributed by atoms with van der Waals surface area (Å²) in [6.45, 7) is 3.57. The molecule has 12 atom stereocenters. The van der Waals surface area contributed by atoms with Crippen LogP contribution in [0.4, 0.5) is 4.79 Å². The molecule has 6 aliphatic rings. The zero-order chi connectivity index (χ0) is 50.8. The molecule has 70 heavy (non-hydrogen) atoms. The molecule has 0 aromatic heterocycles. The second-order valence-electron chi connectivity index (χ2n) is 21.2. The van der Waals surface area contributed by atoms with Crippen LogP contribution in [0.3, 0.4) is 0 Å². The Labute approximate surface area is 420 Å². The van der Waals surface area contributed by atoms with E-state index in [1.807, 2.05) is 18.7 Å². The predicted octanol–water partition coefficient (Wildman–Crippen LogP) is 3.30. The number of aliphatic hydroxyl groups is 2. The molecule has 6 rings (SSSR count). The van der Waals surface area contributed by atoms with Crippen LogP contribution in [0.2, 0.25) is 0 Å². The smallest absolute Gasteiger partial charge is 0.316 e. The van der Waals surface area contributed by atoms with E-state index in [0.717, 1.165) is 74.5 Å². The van der Waals surface area contributed by atoms with Crippen molar-refractivity contribution in [1.29, 1.82) is 0 Å². The van der Waals surface area contributed by atoms with Crippen molar-refractivity contribution in [3.63, 3.8) is 0 Å². The van der Waals surface area contributed by atoms with Gasteiger partial charge in [-0.15, -0.1) is 11.8 Å². The minimum atomic E-state index is -1.80. The van der Waals surface area contributed by atoms with Crippen LogP contribution in [-0.2, 0) is 38.3 Å². The third-order valence-corrected chi connectivity index (χ3v) is 19.3. The Balaban J connectivity index is 0.890. The highest BCUT2D eigenvalue weighted by molar-refractivity contribution is 8.00. The molecule has 0 radical (unpaired) electrons. The topological polar surface area (TPSA) is 313 Å². The van der Waals surface area contributed by atoms with Gasteiger partial charge in [0, 0.05) is 60.8 Å². The maximum atomic E-state index is 13.8. The first-order valence-corrected chi connectivity index (χ1v) is 27.7. The number of unbranched alkanes of at least 4 members (excludes halogenated alkanes) is 4. The number of thioether (sulfide) groups is 2. The van der Waals surface area contributed by atoms with Crippen molar-refractivity contribution < 1.29 is 53.3 Å². The molecule has 5 fully saturated rings. The number of allylic oxidation sites excluding steroid dienone is 1. The predicted molar refractivity (Wildman–Crippen MR) is 267 cm³/mol. The highest BCUT2D eigenvalue weighted by Crippen LogP contribution is 2.67. The van der Waals surface area contributed by atoms with E-state index in [0.29, 0.717) is 50.2 Å². The Morgan fingerprint density at radius 2 is 1.69 bits per heavy atom. The number of hydrogen-bond acceptors (Lipinski definition) is 14. The van der Waals surface area contributed by atoms with E-state index < -0.39 is 59.1 Å². The van der Waals surface area contributed by atoms with Crippen molar-refractivity contribution in [2.75, 3.05) is 30.4 Å². The lowest BCUT2D eigenvalue weighted by Crippen LogP contribution is -2.62. The quantitative estimate of drug-likeness (QED) is 0.0183. The molecule has 3 saturated carbocycles. The summed E-state index contributed by atoms with van der Waals surface area (Å²) in [6, 6.07) is -0.665. The van der Waals surface area contributed by atoms with E-state index in [1.54, 1.807) is 6.08 Å². The van der Waals surface area contributed by atoms with Crippen LogP contribution in [-0.4, -0.2) is 129 Å². The fourth-order valence-corrected chi connectivity index (χ4v) is 15.3. The summed E-state index contributed by atoms with van der Waals surface area (Å²) >= 11 is 2.89. The van der Waals surface area contributed by atoms with E-state index in [2.05, 4.69) is 27.9 Å². The maximum Gasteiger partial charge on any atom is 0.316 e. The molecule has 0 aromatic rings. The van der Waals surface area contributed by atoms with Crippen LogP contribution in [0.1, 0.15) is 142 Å². The first-order chi connectivity index (χ1) is 33.2. The molecule has 4 aliphatic carbocycles. The SMILES string of the molecule is C[C@]12CCC(=O)C=C1CC[C@@H]1[C@@H]2[C@@H](O)C[C@@]2(C)[C@H]1CC[C@]2(O)C(=O)COC(=O)CSC[C@H](CC(=O)[C@@H](CCCN=C(N)N)NC(=O)CCCCCCC(=O)CCCC[C@@H]1SC[C@@H]2NC(=O)N[C@@H]21)C(N)=O. The van der Waals surface area contributed by atoms with Gasteiger partial charge in [-0.25, -0.2) is 4.79 Å². The Kier molecular flexibility index (Phi) is 19.4. The van der Waals surface area contributed by atoms with Gasteiger partial charge in [-0.3, -0.25) is 38.6 Å². The number of ketones is 4. The van der Waals surface area contributed by atoms with Gasteiger partial charge in [0.05, 0.1) is 35.9 Å². The maximum absolute atomic E-state index is 13.8. The standard InChI is InChI=1S/C50H77N7O11S2/c1-48-19-17-32(59)23-30(48)15-16-33-34-18-20-50(67,49(34,2)24-38(61)43(33)48)40(62)25-68-42(64)28-69-26-29(45(51)65)22-37(60)35(12-9-21-54-46(52)53)55-41(63)14-6-4-3-5-10-31(58)11-7-8-13-39-44-36(27-70-39)56-47(66)57-44/h23,29,33-36,38-39,43-44,61,67H,3-22,24-28H2,1-2H3,(H2,51,65)(H,55,63)(H4,52,53,54)(H2,56,57,66)/t29-,33-,34-,35+,36-,38-,39-,43+,44-,48-,49-,50-/m0/s1. The third-order valence-electron chi connectivity index (χ3n) is 16.7. The molecule has 0 bridgehead atoms. The second kappa shape index (κ2) is 24.6. The number of carbonyl (C=O) groups is 8. The number of hydrogen-bond donors (Lipinski definition) is 8. The van der Waals surface area contributed by atoms with Crippen LogP contribution < -0.4 is 33.2 Å². The number of fused-ring (bicyclic) bond motifs is 6. The molecule has 11 N–H and O–H groups in total.